The zero-order valence-electron chi connectivity index (χ0n) is 12.6. The molecule has 0 saturated carbocycles. The third-order valence-corrected chi connectivity index (χ3v) is 4.69. The standard InChI is InChI=1S/C16H26ClN3/c1-19(2)13-7-10-20(11-8-13)12-9-16(18)14-5-3-4-6-15(14)17/h3-6,13,16H,7-12,18H2,1-2H3. The van der Waals surface area contributed by atoms with Crippen molar-refractivity contribution in [2.45, 2.75) is 31.3 Å². The van der Waals surface area contributed by atoms with Crippen molar-refractivity contribution in [3.05, 3.63) is 34.9 Å². The van der Waals surface area contributed by atoms with Crippen molar-refractivity contribution in [1.82, 2.24) is 9.80 Å². The molecule has 3 nitrogen and oxygen atoms in total. The summed E-state index contributed by atoms with van der Waals surface area (Å²) in [6.45, 7) is 3.42. The molecule has 0 amide bonds. The minimum atomic E-state index is 0.0373. The van der Waals surface area contributed by atoms with Gasteiger partial charge in [0.2, 0.25) is 0 Å². The second kappa shape index (κ2) is 7.41. The van der Waals surface area contributed by atoms with Crippen LogP contribution in [0.2, 0.25) is 5.02 Å². The molecule has 0 spiro atoms. The normalized spacial score (nSPS) is 19.4. The Bertz CT molecular complexity index is 414. The summed E-state index contributed by atoms with van der Waals surface area (Å²) in [7, 11) is 4.35. The molecule has 1 aliphatic heterocycles. The van der Waals surface area contributed by atoms with Gasteiger partial charge < -0.3 is 15.5 Å². The summed E-state index contributed by atoms with van der Waals surface area (Å²) in [6, 6.07) is 8.68. The Hall–Kier alpha value is -0.610. The molecule has 4 heteroatoms. The third kappa shape index (κ3) is 4.19. The second-order valence-corrected chi connectivity index (χ2v) is 6.36. The molecule has 1 saturated heterocycles. The molecule has 0 aromatic heterocycles. The van der Waals surface area contributed by atoms with E-state index in [0.717, 1.165) is 29.6 Å². The summed E-state index contributed by atoms with van der Waals surface area (Å²) >= 11 is 6.20. The number of benzene rings is 1. The zero-order chi connectivity index (χ0) is 14.5. The van der Waals surface area contributed by atoms with Crippen LogP contribution in [-0.4, -0.2) is 49.6 Å². The Morgan fingerprint density at radius 1 is 1.30 bits per heavy atom. The van der Waals surface area contributed by atoms with Crippen molar-refractivity contribution in [2.24, 2.45) is 5.73 Å². The summed E-state index contributed by atoms with van der Waals surface area (Å²) in [6.07, 6.45) is 3.49. The van der Waals surface area contributed by atoms with E-state index in [1.807, 2.05) is 24.3 Å². The van der Waals surface area contributed by atoms with Gasteiger partial charge >= 0.3 is 0 Å². The minimum Gasteiger partial charge on any atom is -0.324 e. The van der Waals surface area contributed by atoms with Gasteiger partial charge in [-0.2, -0.15) is 0 Å². The monoisotopic (exact) mass is 295 g/mol. The number of halogens is 1. The first-order valence-electron chi connectivity index (χ1n) is 7.46. The van der Waals surface area contributed by atoms with Crippen molar-refractivity contribution in [3.8, 4) is 0 Å². The summed E-state index contributed by atoms with van der Waals surface area (Å²) in [5.74, 6) is 0. The quantitative estimate of drug-likeness (QED) is 0.906. The number of likely N-dealkylation sites (tertiary alicyclic amines) is 1. The Balaban J connectivity index is 1.78. The number of hydrogen-bond acceptors (Lipinski definition) is 3. The molecule has 1 aliphatic rings. The van der Waals surface area contributed by atoms with Crippen LogP contribution in [0.3, 0.4) is 0 Å². The molecule has 0 aliphatic carbocycles. The van der Waals surface area contributed by atoms with Crippen LogP contribution in [0, 0.1) is 0 Å². The van der Waals surface area contributed by atoms with Crippen molar-refractivity contribution in [2.75, 3.05) is 33.7 Å². The van der Waals surface area contributed by atoms with Gasteiger partial charge in [0.15, 0.2) is 0 Å². The van der Waals surface area contributed by atoms with E-state index in [1.165, 1.54) is 25.9 Å². The van der Waals surface area contributed by atoms with Gasteiger partial charge in [-0.25, -0.2) is 0 Å². The molecule has 1 heterocycles. The Kier molecular flexibility index (Phi) is 5.85. The molecule has 1 atom stereocenters. The lowest BCUT2D eigenvalue weighted by atomic mass is 10.0. The number of nitrogens with zero attached hydrogens (tertiary/aromatic N) is 2. The average Bonchev–Trinajstić information content (AvgIpc) is 2.45. The molecular formula is C16H26ClN3. The summed E-state index contributed by atoms with van der Waals surface area (Å²) < 4.78 is 0. The largest absolute Gasteiger partial charge is 0.324 e. The molecule has 1 aromatic rings. The summed E-state index contributed by atoms with van der Waals surface area (Å²) in [5, 5.41) is 0.784. The minimum absolute atomic E-state index is 0.0373. The van der Waals surface area contributed by atoms with Crippen LogP contribution in [-0.2, 0) is 0 Å². The van der Waals surface area contributed by atoms with Gasteiger partial charge in [-0.3, -0.25) is 0 Å². The number of rotatable bonds is 5. The van der Waals surface area contributed by atoms with E-state index in [9.17, 15) is 0 Å². The van der Waals surface area contributed by atoms with Crippen LogP contribution in [0.4, 0.5) is 0 Å². The lowest BCUT2D eigenvalue weighted by molar-refractivity contribution is 0.142. The first kappa shape index (κ1) is 15.8. The van der Waals surface area contributed by atoms with Crippen LogP contribution in [0.5, 0.6) is 0 Å². The van der Waals surface area contributed by atoms with E-state index in [0.29, 0.717) is 0 Å². The zero-order valence-corrected chi connectivity index (χ0v) is 13.3. The highest BCUT2D eigenvalue weighted by atomic mass is 35.5. The Morgan fingerprint density at radius 3 is 2.55 bits per heavy atom. The maximum absolute atomic E-state index is 6.27. The van der Waals surface area contributed by atoms with Gasteiger partial charge in [0, 0.05) is 17.1 Å². The van der Waals surface area contributed by atoms with Crippen molar-refractivity contribution in [3.63, 3.8) is 0 Å². The van der Waals surface area contributed by atoms with Gasteiger partial charge in [-0.05, 0) is 64.6 Å². The average molecular weight is 296 g/mol. The second-order valence-electron chi connectivity index (χ2n) is 5.95. The lowest BCUT2D eigenvalue weighted by Crippen LogP contribution is -2.42. The summed E-state index contributed by atoms with van der Waals surface area (Å²) in [4.78, 5) is 4.86. The van der Waals surface area contributed by atoms with E-state index in [4.69, 9.17) is 17.3 Å². The van der Waals surface area contributed by atoms with Crippen LogP contribution in [0.15, 0.2) is 24.3 Å². The smallest absolute Gasteiger partial charge is 0.0453 e. The molecule has 2 rings (SSSR count). The van der Waals surface area contributed by atoms with Crippen LogP contribution >= 0.6 is 11.6 Å². The highest BCUT2D eigenvalue weighted by Gasteiger charge is 2.21. The number of nitrogens with two attached hydrogens (primary N) is 1. The first-order valence-corrected chi connectivity index (χ1v) is 7.84. The fourth-order valence-electron chi connectivity index (χ4n) is 2.91. The molecule has 1 fully saturated rings. The predicted molar refractivity (Wildman–Crippen MR) is 86.1 cm³/mol. The van der Waals surface area contributed by atoms with Gasteiger partial charge in [-0.15, -0.1) is 0 Å². The maximum atomic E-state index is 6.27. The van der Waals surface area contributed by atoms with Crippen LogP contribution < -0.4 is 5.73 Å². The number of piperidine rings is 1. The van der Waals surface area contributed by atoms with Crippen LogP contribution in [0.1, 0.15) is 30.9 Å². The van der Waals surface area contributed by atoms with Crippen LogP contribution in [0.25, 0.3) is 0 Å². The van der Waals surface area contributed by atoms with E-state index < -0.39 is 0 Å². The maximum Gasteiger partial charge on any atom is 0.0453 e. The molecule has 1 aromatic carbocycles. The van der Waals surface area contributed by atoms with Crippen molar-refractivity contribution >= 4 is 11.6 Å². The highest BCUT2D eigenvalue weighted by molar-refractivity contribution is 6.31. The Labute approximate surface area is 127 Å². The van der Waals surface area contributed by atoms with Gasteiger partial charge in [0.25, 0.3) is 0 Å². The fourth-order valence-corrected chi connectivity index (χ4v) is 3.19. The highest BCUT2D eigenvalue weighted by Crippen LogP contribution is 2.24. The van der Waals surface area contributed by atoms with E-state index in [-0.39, 0.29) is 6.04 Å². The summed E-state index contributed by atoms with van der Waals surface area (Å²) in [5.41, 5.74) is 7.34. The Morgan fingerprint density at radius 2 is 1.95 bits per heavy atom. The molecular weight excluding hydrogens is 270 g/mol. The van der Waals surface area contributed by atoms with E-state index in [1.54, 1.807) is 0 Å². The predicted octanol–water partition coefficient (Wildman–Crippen LogP) is 2.76. The SMILES string of the molecule is CN(C)C1CCN(CCC(N)c2ccccc2Cl)CC1. The number of hydrogen-bond donors (Lipinski definition) is 1. The van der Waals surface area contributed by atoms with Gasteiger partial charge in [0.1, 0.15) is 0 Å². The van der Waals surface area contributed by atoms with Crippen molar-refractivity contribution in [1.29, 1.82) is 0 Å². The molecule has 0 radical (unpaired) electrons. The van der Waals surface area contributed by atoms with E-state index >= 15 is 0 Å². The lowest BCUT2D eigenvalue weighted by Gasteiger charge is -2.35. The van der Waals surface area contributed by atoms with Gasteiger partial charge in [-0.1, -0.05) is 29.8 Å². The third-order valence-electron chi connectivity index (χ3n) is 4.35. The fraction of sp³-hybridized carbons (Fsp3) is 0.625. The molecule has 112 valence electrons. The topological polar surface area (TPSA) is 32.5 Å². The van der Waals surface area contributed by atoms with Gasteiger partial charge in [0.05, 0.1) is 0 Å². The van der Waals surface area contributed by atoms with Crippen molar-refractivity contribution < 1.29 is 0 Å². The molecule has 2 N–H and O–H groups in total. The molecule has 1 unspecified atom stereocenters. The van der Waals surface area contributed by atoms with E-state index in [2.05, 4.69) is 23.9 Å². The molecule has 0 bridgehead atoms. The molecule has 20 heavy (non-hydrogen) atoms. The first-order chi connectivity index (χ1) is 9.58.